The third-order valence-electron chi connectivity index (χ3n) is 3.09. The number of hydrogen-bond acceptors (Lipinski definition) is 2. The molecule has 1 aromatic rings. The van der Waals surface area contributed by atoms with Crippen LogP contribution in [0.2, 0.25) is 0 Å². The number of aryl methyl sites for hydroxylation is 1. The Balaban J connectivity index is 2.94. The second-order valence-electron chi connectivity index (χ2n) is 4.44. The normalized spacial score (nSPS) is 12.2. The van der Waals surface area contributed by atoms with E-state index in [9.17, 15) is 9.59 Å². The molecule has 0 bridgehead atoms. The van der Waals surface area contributed by atoms with Gasteiger partial charge in [0.1, 0.15) is 6.04 Å². The molecule has 0 aliphatic heterocycles. The summed E-state index contributed by atoms with van der Waals surface area (Å²) in [5, 5.41) is 11.5. The summed E-state index contributed by atoms with van der Waals surface area (Å²) in [5.41, 5.74) is 3.14. The number of rotatable bonds is 5. The number of hydrogen-bond donors (Lipinski definition) is 2. The second kappa shape index (κ2) is 5.71. The SMILES string of the molecule is CCn1c(C)cc(CC(NC(C)=O)C(=O)O)c1C. The van der Waals surface area contributed by atoms with E-state index >= 15 is 0 Å². The van der Waals surface area contributed by atoms with Crippen molar-refractivity contribution in [1.29, 1.82) is 0 Å². The van der Waals surface area contributed by atoms with Crippen LogP contribution in [0.1, 0.15) is 30.8 Å². The summed E-state index contributed by atoms with van der Waals surface area (Å²) >= 11 is 0. The van der Waals surface area contributed by atoms with Crippen LogP contribution in [0.15, 0.2) is 6.07 Å². The van der Waals surface area contributed by atoms with Gasteiger partial charge in [0.05, 0.1) is 0 Å². The van der Waals surface area contributed by atoms with Gasteiger partial charge in [-0.1, -0.05) is 0 Å². The van der Waals surface area contributed by atoms with Crippen LogP contribution >= 0.6 is 0 Å². The average molecular weight is 252 g/mol. The van der Waals surface area contributed by atoms with Gasteiger partial charge in [0.15, 0.2) is 0 Å². The largest absolute Gasteiger partial charge is 0.480 e. The lowest BCUT2D eigenvalue weighted by Crippen LogP contribution is -2.41. The number of carboxylic acids is 1. The van der Waals surface area contributed by atoms with Crippen molar-refractivity contribution >= 4 is 11.9 Å². The molecule has 0 spiro atoms. The molecule has 2 N–H and O–H groups in total. The molecule has 0 saturated carbocycles. The molecular formula is C13H20N2O3. The number of carboxylic acid groups (broad SMARTS) is 1. The molecule has 1 atom stereocenters. The molecule has 0 fully saturated rings. The van der Waals surface area contributed by atoms with Crippen LogP contribution in [0.3, 0.4) is 0 Å². The van der Waals surface area contributed by atoms with Crippen LogP contribution in [0.4, 0.5) is 0 Å². The summed E-state index contributed by atoms with van der Waals surface area (Å²) in [6.07, 6.45) is 0.314. The lowest BCUT2D eigenvalue weighted by Gasteiger charge is -2.13. The third-order valence-corrected chi connectivity index (χ3v) is 3.09. The Labute approximate surface area is 107 Å². The minimum atomic E-state index is -1.01. The van der Waals surface area contributed by atoms with Crippen molar-refractivity contribution in [2.75, 3.05) is 0 Å². The monoisotopic (exact) mass is 252 g/mol. The number of carbonyl (C=O) groups excluding carboxylic acids is 1. The molecule has 0 aromatic carbocycles. The molecule has 0 radical (unpaired) electrons. The van der Waals surface area contributed by atoms with Gasteiger partial charge in [0, 0.05) is 31.3 Å². The molecule has 1 rings (SSSR count). The van der Waals surface area contributed by atoms with Crippen molar-refractivity contribution in [2.45, 2.75) is 46.7 Å². The first-order valence-electron chi connectivity index (χ1n) is 6.02. The van der Waals surface area contributed by atoms with Crippen LogP contribution in [0.5, 0.6) is 0 Å². The third kappa shape index (κ3) is 3.12. The zero-order valence-corrected chi connectivity index (χ0v) is 11.3. The molecule has 1 heterocycles. The Morgan fingerprint density at radius 3 is 2.44 bits per heavy atom. The summed E-state index contributed by atoms with van der Waals surface area (Å²) in [6, 6.07) is 1.12. The first kappa shape index (κ1) is 14.3. The minimum Gasteiger partial charge on any atom is -0.480 e. The lowest BCUT2D eigenvalue weighted by atomic mass is 10.1. The Kier molecular flexibility index (Phi) is 4.53. The van der Waals surface area contributed by atoms with E-state index < -0.39 is 12.0 Å². The smallest absolute Gasteiger partial charge is 0.326 e. The number of amides is 1. The van der Waals surface area contributed by atoms with Gasteiger partial charge in [0.2, 0.25) is 5.91 Å². The van der Waals surface area contributed by atoms with E-state index in [2.05, 4.69) is 9.88 Å². The lowest BCUT2D eigenvalue weighted by molar-refractivity contribution is -0.141. The zero-order valence-electron chi connectivity index (χ0n) is 11.3. The van der Waals surface area contributed by atoms with E-state index in [4.69, 9.17) is 5.11 Å². The summed E-state index contributed by atoms with van der Waals surface area (Å²) < 4.78 is 2.13. The molecule has 5 heteroatoms. The van der Waals surface area contributed by atoms with Gasteiger partial charge >= 0.3 is 5.97 Å². The van der Waals surface area contributed by atoms with Gasteiger partial charge in [-0.25, -0.2) is 4.79 Å². The Hall–Kier alpha value is -1.78. The molecular weight excluding hydrogens is 232 g/mol. The highest BCUT2D eigenvalue weighted by atomic mass is 16.4. The molecule has 0 saturated heterocycles. The Bertz CT molecular complexity index is 463. The van der Waals surface area contributed by atoms with E-state index in [0.29, 0.717) is 6.42 Å². The van der Waals surface area contributed by atoms with Crippen molar-refractivity contribution in [1.82, 2.24) is 9.88 Å². The van der Waals surface area contributed by atoms with Gasteiger partial charge in [-0.3, -0.25) is 4.79 Å². The number of nitrogens with zero attached hydrogens (tertiary/aromatic N) is 1. The number of carbonyl (C=O) groups is 2. The van der Waals surface area contributed by atoms with Crippen LogP contribution in [0.25, 0.3) is 0 Å². The van der Waals surface area contributed by atoms with Crippen molar-refractivity contribution in [2.24, 2.45) is 0 Å². The topological polar surface area (TPSA) is 71.3 Å². The van der Waals surface area contributed by atoms with Crippen molar-refractivity contribution in [3.63, 3.8) is 0 Å². The fraction of sp³-hybridized carbons (Fsp3) is 0.538. The predicted molar refractivity (Wildman–Crippen MR) is 68.5 cm³/mol. The maximum atomic E-state index is 11.1. The highest BCUT2D eigenvalue weighted by Gasteiger charge is 2.21. The first-order chi connectivity index (χ1) is 8.36. The number of nitrogens with one attached hydrogen (secondary N) is 1. The van der Waals surface area contributed by atoms with Gasteiger partial charge in [-0.2, -0.15) is 0 Å². The fourth-order valence-electron chi connectivity index (χ4n) is 2.23. The van der Waals surface area contributed by atoms with E-state index in [1.54, 1.807) is 0 Å². The van der Waals surface area contributed by atoms with Gasteiger partial charge in [-0.05, 0) is 32.4 Å². The van der Waals surface area contributed by atoms with Crippen molar-refractivity contribution in [3.8, 4) is 0 Å². The fourth-order valence-corrected chi connectivity index (χ4v) is 2.23. The van der Waals surface area contributed by atoms with Crippen LogP contribution in [-0.4, -0.2) is 27.6 Å². The maximum absolute atomic E-state index is 11.1. The maximum Gasteiger partial charge on any atom is 0.326 e. The Morgan fingerprint density at radius 1 is 1.44 bits per heavy atom. The standard InChI is InChI=1S/C13H20N2O3/c1-5-15-8(2)6-11(9(15)3)7-12(13(17)18)14-10(4)16/h6,12H,5,7H2,1-4H3,(H,14,16)(H,17,18). The first-order valence-corrected chi connectivity index (χ1v) is 6.02. The minimum absolute atomic E-state index is 0.314. The number of aromatic nitrogens is 1. The van der Waals surface area contributed by atoms with Crippen molar-refractivity contribution < 1.29 is 14.7 Å². The highest BCUT2D eigenvalue weighted by molar-refractivity contribution is 5.82. The highest BCUT2D eigenvalue weighted by Crippen LogP contribution is 2.16. The van der Waals surface area contributed by atoms with Gasteiger partial charge < -0.3 is 15.0 Å². The van der Waals surface area contributed by atoms with E-state index in [1.807, 2.05) is 26.8 Å². The summed E-state index contributed by atoms with van der Waals surface area (Å²) in [4.78, 5) is 22.1. The van der Waals surface area contributed by atoms with E-state index in [1.165, 1.54) is 6.92 Å². The summed E-state index contributed by atoms with van der Waals surface area (Å²) in [5.74, 6) is -1.33. The molecule has 0 aliphatic rings. The number of aliphatic carboxylic acids is 1. The predicted octanol–water partition coefficient (Wildman–Crippen LogP) is 1.26. The summed E-state index contributed by atoms with van der Waals surface area (Å²) in [6.45, 7) is 8.19. The van der Waals surface area contributed by atoms with Gasteiger partial charge in [0.25, 0.3) is 0 Å². The van der Waals surface area contributed by atoms with Crippen LogP contribution in [0, 0.1) is 13.8 Å². The van der Waals surface area contributed by atoms with Gasteiger partial charge in [-0.15, -0.1) is 0 Å². The molecule has 0 aliphatic carbocycles. The van der Waals surface area contributed by atoms with Crippen LogP contribution in [-0.2, 0) is 22.6 Å². The quantitative estimate of drug-likeness (QED) is 0.828. The molecule has 100 valence electrons. The second-order valence-corrected chi connectivity index (χ2v) is 4.44. The molecule has 18 heavy (non-hydrogen) atoms. The average Bonchev–Trinajstić information content (AvgIpc) is 2.52. The zero-order chi connectivity index (χ0) is 13.9. The summed E-state index contributed by atoms with van der Waals surface area (Å²) in [7, 11) is 0. The molecule has 5 nitrogen and oxygen atoms in total. The Morgan fingerprint density at radius 2 is 2.06 bits per heavy atom. The molecule has 1 unspecified atom stereocenters. The molecule has 1 amide bonds. The van der Waals surface area contributed by atoms with Crippen LogP contribution < -0.4 is 5.32 Å². The molecule has 1 aromatic heterocycles. The van der Waals surface area contributed by atoms with Crippen molar-refractivity contribution in [3.05, 3.63) is 23.0 Å². The van der Waals surface area contributed by atoms with E-state index in [-0.39, 0.29) is 5.91 Å². The van der Waals surface area contributed by atoms with E-state index in [0.717, 1.165) is 23.5 Å².